The highest BCUT2D eigenvalue weighted by Gasteiger charge is 2.31. The number of halogens is 1. The molecule has 1 atom stereocenters. The van der Waals surface area contributed by atoms with Crippen molar-refractivity contribution in [1.29, 1.82) is 0 Å². The van der Waals surface area contributed by atoms with Crippen LogP contribution in [0.5, 0.6) is 5.75 Å². The monoisotopic (exact) mass is 233 g/mol. The van der Waals surface area contributed by atoms with Crippen molar-refractivity contribution < 1.29 is 13.9 Å². The third kappa shape index (κ3) is 1.96. The summed E-state index contributed by atoms with van der Waals surface area (Å²) in [6.07, 6.45) is 5.60. The SMILES string of the molecule is C#CC1CC(=O)N(c2cccc(F)c2OC)C1. The van der Waals surface area contributed by atoms with Crippen LogP contribution in [0.2, 0.25) is 0 Å². The zero-order chi connectivity index (χ0) is 12.4. The van der Waals surface area contributed by atoms with Gasteiger partial charge in [0.1, 0.15) is 0 Å². The Morgan fingerprint density at radius 1 is 1.59 bits per heavy atom. The molecule has 1 heterocycles. The third-order valence-electron chi connectivity index (χ3n) is 2.80. The highest BCUT2D eigenvalue weighted by atomic mass is 19.1. The Bertz CT molecular complexity index is 493. The summed E-state index contributed by atoms with van der Waals surface area (Å²) in [7, 11) is 1.38. The van der Waals surface area contributed by atoms with Crippen LogP contribution in [0.1, 0.15) is 6.42 Å². The second-order valence-corrected chi connectivity index (χ2v) is 3.86. The third-order valence-corrected chi connectivity index (χ3v) is 2.80. The number of hydrogen-bond donors (Lipinski definition) is 0. The van der Waals surface area contributed by atoms with E-state index in [2.05, 4.69) is 5.92 Å². The van der Waals surface area contributed by atoms with Gasteiger partial charge in [-0.1, -0.05) is 6.07 Å². The second-order valence-electron chi connectivity index (χ2n) is 3.86. The van der Waals surface area contributed by atoms with Crippen molar-refractivity contribution in [2.45, 2.75) is 6.42 Å². The molecule has 1 aliphatic heterocycles. The van der Waals surface area contributed by atoms with E-state index < -0.39 is 5.82 Å². The number of benzene rings is 1. The van der Waals surface area contributed by atoms with Crippen molar-refractivity contribution in [2.75, 3.05) is 18.6 Å². The fraction of sp³-hybridized carbons (Fsp3) is 0.308. The molecule has 0 radical (unpaired) electrons. The molecule has 1 amide bonds. The highest BCUT2D eigenvalue weighted by molar-refractivity contribution is 5.97. The number of amides is 1. The maximum Gasteiger partial charge on any atom is 0.228 e. The molecule has 0 bridgehead atoms. The predicted molar refractivity (Wildman–Crippen MR) is 62.2 cm³/mol. The van der Waals surface area contributed by atoms with Crippen molar-refractivity contribution in [2.24, 2.45) is 5.92 Å². The largest absolute Gasteiger partial charge is 0.492 e. The smallest absolute Gasteiger partial charge is 0.228 e. The van der Waals surface area contributed by atoms with Crippen LogP contribution in [0.25, 0.3) is 0 Å². The van der Waals surface area contributed by atoms with Crippen LogP contribution in [0.4, 0.5) is 10.1 Å². The first-order valence-electron chi connectivity index (χ1n) is 5.26. The maximum absolute atomic E-state index is 13.5. The minimum Gasteiger partial charge on any atom is -0.492 e. The molecule has 1 unspecified atom stereocenters. The van der Waals surface area contributed by atoms with Gasteiger partial charge >= 0.3 is 0 Å². The number of carbonyl (C=O) groups excluding carboxylic acids is 1. The number of ether oxygens (including phenoxy) is 1. The van der Waals surface area contributed by atoms with E-state index in [1.807, 2.05) is 0 Å². The van der Waals surface area contributed by atoms with Crippen LogP contribution in [0, 0.1) is 24.1 Å². The summed E-state index contributed by atoms with van der Waals surface area (Å²) < 4.78 is 18.5. The van der Waals surface area contributed by atoms with E-state index in [1.54, 1.807) is 12.1 Å². The van der Waals surface area contributed by atoms with E-state index in [-0.39, 0.29) is 17.6 Å². The summed E-state index contributed by atoms with van der Waals surface area (Å²) in [6, 6.07) is 4.49. The van der Waals surface area contributed by atoms with Crippen molar-refractivity contribution in [3.05, 3.63) is 24.0 Å². The maximum atomic E-state index is 13.5. The highest BCUT2D eigenvalue weighted by Crippen LogP contribution is 2.34. The summed E-state index contributed by atoms with van der Waals surface area (Å²) in [5, 5.41) is 0. The quantitative estimate of drug-likeness (QED) is 0.729. The molecule has 4 heteroatoms. The molecule has 3 nitrogen and oxygen atoms in total. The van der Waals surface area contributed by atoms with Crippen LogP contribution in [-0.2, 0) is 4.79 Å². The number of terminal acetylenes is 1. The molecular formula is C13H12FNO2. The molecule has 1 fully saturated rings. The number of anilines is 1. The summed E-state index contributed by atoms with van der Waals surface area (Å²) in [5.74, 6) is 1.93. The normalized spacial score (nSPS) is 19.2. The van der Waals surface area contributed by atoms with Crippen LogP contribution in [0.15, 0.2) is 18.2 Å². The molecule has 1 saturated heterocycles. The molecule has 1 aromatic rings. The molecule has 0 N–H and O–H groups in total. The minimum absolute atomic E-state index is 0.0820. The van der Waals surface area contributed by atoms with Crippen LogP contribution in [-0.4, -0.2) is 19.6 Å². The lowest BCUT2D eigenvalue weighted by Crippen LogP contribution is -2.25. The van der Waals surface area contributed by atoms with Gasteiger partial charge in [0, 0.05) is 18.9 Å². The lowest BCUT2D eigenvalue weighted by molar-refractivity contribution is -0.117. The summed E-state index contributed by atoms with van der Waals surface area (Å²) >= 11 is 0. The van der Waals surface area contributed by atoms with Gasteiger partial charge in [-0.2, -0.15) is 0 Å². The molecule has 0 saturated carbocycles. The number of methoxy groups -OCH3 is 1. The molecule has 0 aromatic heterocycles. The van der Waals surface area contributed by atoms with Crippen LogP contribution in [0.3, 0.4) is 0 Å². The Morgan fingerprint density at radius 3 is 2.94 bits per heavy atom. The van der Waals surface area contributed by atoms with E-state index in [1.165, 1.54) is 18.1 Å². The number of rotatable bonds is 2. The van der Waals surface area contributed by atoms with Crippen LogP contribution < -0.4 is 9.64 Å². The molecule has 17 heavy (non-hydrogen) atoms. The first-order valence-corrected chi connectivity index (χ1v) is 5.26. The fourth-order valence-corrected chi connectivity index (χ4v) is 1.96. The summed E-state index contributed by atoms with van der Waals surface area (Å²) in [6.45, 7) is 0.412. The zero-order valence-corrected chi connectivity index (χ0v) is 9.44. The Morgan fingerprint density at radius 2 is 2.35 bits per heavy atom. The Labute approximate surface area is 99.2 Å². The van der Waals surface area contributed by atoms with Crippen molar-refractivity contribution in [3.8, 4) is 18.1 Å². The van der Waals surface area contributed by atoms with E-state index in [0.29, 0.717) is 18.7 Å². The molecular weight excluding hydrogens is 221 g/mol. The first-order chi connectivity index (χ1) is 8.17. The van der Waals surface area contributed by atoms with E-state index >= 15 is 0 Å². The average Bonchev–Trinajstić information content (AvgIpc) is 2.70. The fourth-order valence-electron chi connectivity index (χ4n) is 1.96. The van der Waals surface area contributed by atoms with Gasteiger partial charge in [-0.3, -0.25) is 4.79 Å². The van der Waals surface area contributed by atoms with Gasteiger partial charge in [-0.05, 0) is 12.1 Å². The van der Waals surface area contributed by atoms with Gasteiger partial charge in [0.15, 0.2) is 11.6 Å². The van der Waals surface area contributed by atoms with Crippen molar-refractivity contribution in [1.82, 2.24) is 0 Å². The van der Waals surface area contributed by atoms with Gasteiger partial charge < -0.3 is 9.64 Å². The molecule has 2 rings (SSSR count). The Kier molecular flexibility index (Phi) is 3.01. The van der Waals surface area contributed by atoms with Gasteiger partial charge in [0.25, 0.3) is 0 Å². The predicted octanol–water partition coefficient (Wildman–Crippen LogP) is 1.82. The lowest BCUT2D eigenvalue weighted by Gasteiger charge is -2.19. The van der Waals surface area contributed by atoms with Crippen LogP contribution >= 0.6 is 0 Å². The molecule has 88 valence electrons. The lowest BCUT2D eigenvalue weighted by atomic mass is 10.1. The number of para-hydroxylation sites is 1. The Balaban J connectivity index is 2.39. The topological polar surface area (TPSA) is 29.5 Å². The van der Waals surface area contributed by atoms with E-state index in [0.717, 1.165) is 0 Å². The van der Waals surface area contributed by atoms with Gasteiger partial charge in [0.05, 0.1) is 12.8 Å². The average molecular weight is 233 g/mol. The number of hydrogen-bond acceptors (Lipinski definition) is 2. The molecule has 0 spiro atoms. The molecule has 1 aliphatic rings. The molecule has 0 aliphatic carbocycles. The zero-order valence-electron chi connectivity index (χ0n) is 9.44. The standard InChI is InChI=1S/C13H12FNO2/c1-3-9-7-12(16)15(8-9)11-6-4-5-10(14)13(11)17-2/h1,4-6,9H,7-8H2,2H3. The van der Waals surface area contributed by atoms with E-state index in [9.17, 15) is 9.18 Å². The summed E-state index contributed by atoms with van der Waals surface area (Å²) in [5.41, 5.74) is 0.440. The van der Waals surface area contributed by atoms with Crippen molar-refractivity contribution in [3.63, 3.8) is 0 Å². The van der Waals surface area contributed by atoms with Gasteiger partial charge in [-0.15, -0.1) is 12.3 Å². The van der Waals surface area contributed by atoms with Crippen molar-refractivity contribution >= 4 is 11.6 Å². The number of nitrogens with zero attached hydrogens (tertiary/aromatic N) is 1. The second kappa shape index (κ2) is 4.46. The summed E-state index contributed by atoms with van der Waals surface area (Å²) in [4.78, 5) is 13.3. The number of carbonyl (C=O) groups is 1. The molecule has 1 aromatic carbocycles. The minimum atomic E-state index is -0.484. The van der Waals surface area contributed by atoms with E-state index in [4.69, 9.17) is 11.2 Å². The van der Waals surface area contributed by atoms with Gasteiger partial charge in [0.2, 0.25) is 5.91 Å². The van der Waals surface area contributed by atoms with Gasteiger partial charge in [-0.25, -0.2) is 4.39 Å². The first kappa shape index (κ1) is 11.5. The Hall–Kier alpha value is -2.02.